The van der Waals surface area contributed by atoms with Crippen molar-refractivity contribution in [1.29, 1.82) is 0 Å². The molecule has 0 spiro atoms. The Hall–Kier alpha value is -1.59. The maximum atomic E-state index is 13.8. The molecule has 0 radical (unpaired) electrons. The quantitative estimate of drug-likeness (QED) is 0.632. The van der Waals surface area contributed by atoms with Crippen LogP contribution < -0.4 is 0 Å². The molecular weight excluding hydrogens is 285 g/mol. The Balaban J connectivity index is 2.32. The van der Waals surface area contributed by atoms with E-state index in [0.29, 0.717) is 11.2 Å². The van der Waals surface area contributed by atoms with E-state index in [1.807, 2.05) is 13.8 Å². The number of thiazole rings is 1. The van der Waals surface area contributed by atoms with Crippen molar-refractivity contribution in [2.45, 2.75) is 13.8 Å². The van der Waals surface area contributed by atoms with Gasteiger partial charge in [0.05, 0.1) is 15.6 Å². The molecule has 3 rings (SSSR count). The first-order chi connectivity index (χ1) is 9.06. The zero-order chi connectivity index (χ0) is 13.6. The number of hydrogen-bond donors (Lipinski definition) is 0. The van der Waals surface area contributed by atoms with Gasteiger partial charge in [0.15, 0.2) is 5.82 Å². The van der Waals surface area contributed by atoms with Crippen LogP contribution in [0.5, 0.6) is 0 Å². The van der Waals surface area contributed by atoms with Crippen LogP contribution in [0.4, 0.5) is 4.39 Å². The lowest BCUT2D eigenvalue weighted by Crippen LogP contribution is -1.93. The molecule has 3 aromatic rings. The maximum absolute atomic E-state index is 13.8. The van der Waals surface area contributed by atoms with Crippen LogP contribution in [0.15, 0.2) is 18.2 Å². The van der Waals surface area contributed by atoms with Crippen LogP contribution in [0.3, 0.4) is 0 Å². The molecule has 0 N–H and O–H groups in total. The third-order valence-electron chi connectivity index (χ3n) is 2.74. The Labute approximate surface area is 118 Å². The van der Waals surface area contributed by atoms with Crippen molar-refractivity contribution in [2.75, 3.05) is 0 Å². The van der Waals surface area contributed by atoms with Crippen LogP contribution >= 0.6 is 22.9 Å². The van der Waals surface area contributed by atoms with Gasteiger partial charge in [0.25, 0.3) is 0 Å². The van der Waals surface area contributed by atoms with E-state index in [9.17, 15) is 4.39 Å². The summed E-state index contributed by atoms with van der Waals surface area (Å²) in [6.45, 7) is 3.78. The molecule has 0 bridgehead atoms. The van der Waals surface area contributed by atoms with E-state index < -0.39 is 5.82 Å². The Morgan fingerprint density at radius 1 is 1.16 bits per heavy atom. The molecule has 0 aliphatic rings. The van der Waals surface area contributed by atoms with Crippen molar-refractivity contribution in [2.24, 2.45) is 0 Å². The summed E-state index contributed by atoms with van der Waals surface area (Å²) < 4.78 is 13.8. The highest BCUT2D eigenvalue weighted by atomic mass is 35.5. The van der Waals surface area contributed by atoms with Gasteiger partial charge < -0.3 is 0 Å². The number of benzene rings is 1. The van der Waals surface area contributed by atoms with E-state index in [4.69, 9.17) is 11.6 Å². The van der Waals surface area contributed by atoms with Crippen molar-refractivity contribution in [1.82, 2.24) is 15.0 Å². The lowest BCUT2D eigenvalue weighted by molar-refractivity contribution is 0.636. The van der Waals surface area contributed by atoms with Crippen LogP contribution in [0.2, 0.25) is 5.15 Å². The fourth-order valence-electron chi connectivity index (χ4n) is 1.92. The van der Waals surface area contributed by atoms with E-state index in [-0.39, 0.29) is 10.7 Å². The molecule has 19 heavy (non-hydrogen) atoms. The van der Waals surface area contributed by atoms with E-state index >= 15 is 0 Å². The van der Waals surface area contributed by atoms with Crippen LogP contribution in [0.1, 0.15) is 10.7 Å². The average molecular weight is 294 g/mol. The second-order valence-electron chi connectivity index (χ2n) is 4.12. The van der Waals surface area contributed by atoms with Gasteiger partial charge in [-0.3, -0.25) is 0 Å². The maximum Gasteiger partial charge on any atom is 0.173 e. The first-order valence-corrected chi connectivity index (χ1v) is 6.82. The predicted octanol–water partition coefficient (Wildman–Crippen LogP) is 4.16. The molecule has 0 aliphatic carbocycles. The minimum atomic E-state index is -0.401. The number of hydrogen-bond acceptors (Lipinski definition) is 4. The summed E-state index contributed by atoms with van der Waals surface area (Å²) in [6.07, 6.45) is 0. The Kier molecular flexibility index (Phi) is 2.95. The molecule has 0 unspecified atom stereocenters. The topological polar surface area (TPSA) is 38.7 Å². The van der Waals surface area contributed by atoms with Crippen molar-refractivity contribution in [3.8, 4) is 10.7 Å². The van der Waals surface area contributed by atoms with Crippen LogP contribution in [0.25, 0.3) is 21.6 Å². The molecular formula is C13H9ClFN3S. The highest BCUT2D eigenvalue weighted by Crippen LogP contribution is 2.31. The molecule has 3 nitrogen and oxygen atoms in total. The zero-order valence-corrected chi connectivity index (χ0v) is 11.8. The van der Waals surface area contributed by atoms with E-state index in [1.54, 1.807) is 12.1 Å². The van der Waals surface area contributed by atoms with Gasteiger partial charge in [0.2, 0.25) is 0 Å². The zero-order valence-electron chi connectivity index (χ0n) is 10.2. The molecule has 0 atom stereocenters. The number of halogens is 2. The molecule has 0 saturated heterocycles. The molecule has 96 valence electrons. The fraction of sp³-hybridized carbons (Fsp3) is 0.154. The van der Waals surface area contributed by atoms with Crippen molar-refractivity contribution >= 4 is 33.8 Å². The third-order valence-corrected chi connectivity index (χ3v) is 4.09. The van der Waals surface area contributed by atoms with Gasteiger partial charge >= 0.3 is 0 Å². The largest absolute Gasteiger partial charge is 0.246 e. The summed E-state index contributed by atoms with van der Waals surface area (Å²) >= 11 is 7.58. The number of aryl methyl sites for hydroxylation is 2. The van der Waals surface area contributed by atoms with E-state index in [1.165, 1.54) is 17.4 Å². The van der Waals surface area contributed by atoms with E-state index in [0.717, 1.165) is 15.6 Å². The summed E-state index contributed by atoms with van der Waals surface area (Å²) in [5, 5.41) is 1.69. The van der Waals surface area contributed by atoms with Gasteiger partial charge in [-0.2, -0.15) is 0 Å². The van der Waals surface area contributed by atoms with E-state index in [2.05, 4.69) is 15.0 Å². The minimum absolute atomic E-state index is 0.239. The molecule has 0 fully saturated rings. The van der Waals surface area contributed by atoms with Gasteiger partial charge in [0.1, 0.15) is 16.5 Å². The monoisotopic (exact) mass is 293 g/mol. The summed E-state index contributed by atoms with van der Waals surface area (Å²) in [4.78, 5) is 13.7. The molecule has 0 aliphatic heterocycles. The Bertz CT molecular complexity index is 785. The molecule has 0 amide bonds. The van der Waals surface area contributed by atoms with Gasteiger partial charge in [-0.1, -0.05) is 17.7 Å². The SMILES string of the molecule is Cc1nc(C)c(-c2nc(Cl)c3cccc(F)c3n2)s1. The smallest absolute Gasteiger partial charge is 0.173 e. The van der Waals surface area contributed by atoms with Crippen molar-refractivity contribution in [3.05, 3.63) is 39.9 Å². The second-order valence-corrected chi connectivity index (χ2v) is 5.68. The van der Waals surface area contributed by atoms with Crippen LogP contribution in [-0.2, 0) is 0 Å². The fourth-order valence-corrected chi connectivity index (χ4v) is 3.01. The Morgan fingerprint density at radius 2 is 1.95 bits per heavy atom. The van der Waals surface area contributed by atoms with Gasteiger partial charge in [-0.05, 0) is 26.0 Å². The van der Waals surface area contributed by atoms with Crippen molar-refractivity contribution < 1.29 is 4.39 Å². The lowest BCUT2D eigenvalue weighted by Gasteiger charge is -2.04. The molecule has 2 aromatic heterocycles. The van der Waals surface area contributed by atoms with Gasteiger partial charge in [-0.25, -0.2) is 19.3 Å². The first-order valence-electron chi connectivity index (χ1n) is 5.62. The molecule has 2 heterocycles. The summed E-state index contributed by atoms with van der Waals surface area (Å²) in [5.41, 5.74) is 1.07. The summed E-state index contributed by atoms with van der Waals surface area (Å²) in [7, 11) is 0. The van der Waals surface area contributed by atoms with Crippen LogP contribution in [0, 0.1) is 19.7 Å². The number of rotatable bonds is 1. The standard InChI is InChI=1S/C13H9ClFN3S/c1-6-11(19-7(2)16-6)13-17-10-8(12(14)18-13)4-3-5-9(10)15/h3-5H,1-2H3. The molecule has 6 heteroatoms. The third kappa shape index (κ3) is 2.09. The number of para-hydroxylation sites is 1. The number of fused-ring (bicyclic) bond motifs is 1. The summed E-state index contributed by atoms with van der Waals surface area (Å²) in [5.74, 6) is 0.0210. The van der Waals surface area contributed by atoms with Gasteiger partial charge in [0, 0.05) is 5.39 Å². The highest BCUT2D eigenvalue weighted by Gasteiger charge is 2.15. The first kappa shape index (κ1) is 12.4. The van der Waals surface area contributed by atoms with Crippen LogP contribution in [-0.4, -0.2) is 15.0 Å². The number of aromatic nitrogens is 3. The second kappa shape index (κ2) is 4.51. The normalized spacial score (nSPS) is 11.2. The number of nitrogens with zero attached hydrogens (tertiary/aromatic N) is 3. The summed E-state index contributed by atoms with van der Waals surface area (Å²) in [6, 6.07) is 4.66. The van der Waals surface area contributed by atoms with Gasteiger partial charge in [-0.15, -0.1) is 11.3 Å². The Morgan fingerprint density at radius 3 is 2.63 bits per heavy atom. The highest BCUT2D eigenvalue weighted by molar-refractivity contribution is 7.15. The molecule has 1 aromatic carbocycles. The minimum Gasteiger partial charge on any atom is -0.246 e. The molecule has 0 saturated carbocycles. The lowest BCUT2D eigenvalue weighted by atomic mass is 10.2. The predicted molar refractivity (Wildman–Crippen MR) is 75.1 cm³/mol. The average Bonchev–Trinajstić information content (AvgIpc) is 2.70. The van der Waals surface area contributed by atoms with Crippen molar-refractivity contribution in [3.63, 3.8) is 0 Å².